The highest BCUT2D eigenvalue weighted by atomic mass is 16.5. The normalized spacial score (nSPS) is 11.1. The molecule has 0 radical (unpaired) electrons. The van der Waals surface area contributed by atoms with Gasteiger partial charge in [0, 0.05) is 44.0 Å². The predicted octanol–water partition coefficient (Wildman–Crippen LogP) is 4.63. The molecule has 1 aromatic heterocycles. The van der Waals surface area contributed by atoms with Gasteiger partial charge in [-0.15, -0.1) is 0 Å². The Morgan fingerprint density at radius 1 is 1.00 bits per heavy atom. The first kappa shape index (κ1) is 26.0. The number of nitrogens with two attached hydrogens (primary N) is 1. The topological polar surface area (TPSA) is 82.6 Å². The molecule has 0 saturated heterocycles. The van der Waals surface area contributed by atoms with E-state index in [0.717, 1.165) is 31.9 Å². The number of amides is 1. The molecule has 37 heavy (non-hydrogen) atoms. The number of aryl methyl sites for hydroxylation is 1. The fourth-order valence-electron chi connectivity index (χ4n) is 4.43. The first-order chi connectivity index (χ1) is 18.0. The minimum Gasteiger partial charge on any atom is -0.493 e. The van der Waals surface area contributed by atoms with Crippen molar-refractivity contribution in [3.05, 3.63) is 114 Å². The van der Waals surface area contributed by atoms with Crippen LogP contribution in [-0.2, 0) is 13.6 Å². The smallest absolute Gasteiger partial charge is 0.248 e. The van der Waals surface area contributed by atoms with Gasteiger partial charge in [-0.1, -0.05) is 60.7 Å². The van der Waals surface area contributed by atoms with Crippen LogP contribution in [0.5, 0.6) is 11.5 Å². The van der Waals surface area contributed by atoms with Crippen molar-refractivity contribution < 1.29 is 14.3 Å². The Kier molecular flexibility index (Phi) is 8.94. The van der Waals surface area contributed by atoms with Gasteiger partial charge >= 0.3 is 0 Å². The van der Waals surface area contributed by atoms with Gasteiger partial charge in [0.1, 0.15) is 5.82 Å². The minimum absolute atomic E-state index is 0.227. The van der Waals surface area contributed by atoms with E-state index >= 15 is 0 Å². The van der Waals surface area contributed by atoms with E-state index < -0.39 is 5.91 Å². The molecule has 4 rings (SSSR count). The van der Waals surface area contributed by atoms with Crippen molar-refractivity contribution in [2.24, 2.45) is 12.8 Å². The summed E-state index contributed by atoms with van der Waals surface area (Å²) in [5, 5.41) is 0. The molecule has 1 amide bonds. The Hall–Kier alpha value is -4.10. The average molecular weight is 499 g/mol. The molecule has 0 fully saturated rings. The van der Waals surface area contributed by atoms with Crippen LogP contribution in [0.1, 0.15) is 39.6 Å². The lowest BCUT2D eigenvalue weighted by atomic mass is 9.90. The third-order valence-electron chi connectivity index (χ3n) is 6.46. The van der Waals surface area contributed by atoms with Gasteiger partial charge in [-0.25, -0.2) is 4.98 Å². The fraction of sp³-hybridized carbons (Fsp3) is 0.267. The number of aromatic nitrogens is 2. The second-order valence-corrected chi connectivity index (χ2v) is 9.00. The van der Waals surface area contributed by atoms with Crippen molar-refractivity contribution in [1.82, 2.24) is 14.5 Å². The number of imidazole rings is 1. The molecule has 0 bridgehead atoms. The van der Waals surface area contributed by atoms with E-state index in [1.165, 1.54) is 11.1 Å². The Balaban J connectivity index is 1.47. The van der Waals surface area contributed by atoms with E-state index in [4.69, 9.17) is 15.2 Å². The molecule has 0 aliphatic carbocycles. The van der Waals surface area contributed by atoms with Crippen LogP contribution in [0.3, 0.4) is 0 Å². The summed E-state index contributed by atoms with van der Waals surface area (Å²) in [6.45, 7) is 2.91. The van der Waals surface area contributed by atoms with Gasteiger partial charge in [-0.05, 0) is 35.7 Å². The first-order valence-corrected chi connectivity index (χ1v) is 12.4. The summed E-state index contributed by atoms with van der Waals surface area (Å²) < 4.78 is 13.5. The van der Waals surface area contributed by atoms with Crippen LogP contribution >= 0.6 is 0 Å². The Morgan fingerprint density at radius 2 is 1.68 bits per heavy atom. The number of hydrogen-bond acceptors (Lipinski definition) is 5. The highest BCUT2D eigenvalue weighted by Crippen LogP contribution is 2.29. The van der Waals surface area contributed by atoms with Gasteiger partial charge in [0.25, 0.3) is 0 Å². The van der Waals surface area contributed by atoms with E-state index in [-0.39, 0.29) is 5.92 Å². The van der Waals surface area contributed by atoms with Gasteiger partial charge < -0.3 is 19.8 Å². The molecule has 0 aliphatic heterocycles. The lowest BCUT2D eigenvalue weighted by molar-refractivity contribution is 0.1000. The fourth-order valence-corrected chi connectivity index (χ4v) is 4.43. The number of hydrogen-bond donors (Lipinski definition) is 1. The number of benzene rings is 3. The summed E-state index contributed by atoms with van der Waals surface area (Å²) in [5.74, 6) is 1.83. The number of methoxy groups -OCH3 is 1. The van der Waals surface area contributed by atoms with E-state index in [9.17, 15) is 4.79 Å². The van der Waals surface area contributed by atoms with Crippen LogP contribution in [0.4, 0.5) is 0 Å². The molecule has 7 nitrogen and oxygen atoms in total. The first-order valence-electron chi connectivity index (χ1n) is 12.4. The molecule has 2 N–H and O–H groups in total. The Labute approximate surface area is 218 Å². The molecule has 3 aromatic carbocycles. The lowest BCUT2D eigenvalue weighted by Gasteiger charge is -2.28. The third-order valence-corrected chi connectivity index (χ3v) is 6.46. The lowest BCUT2D eigenvalue weighted by Crippen LogP contribution is -2.31. The van der Waals surface area contributed by atoms with Crippen molar-refractivity contribution in [2.45, 2.75) is 18.9 Å². The van der Waals surface area contributed by atoms with Gasteiger partial charge in [0.2, 0.25) is 5.91 Å². The summed E-state index contributed by atoms with van der Waals surface area (Å²) in [6, 6.07) is 26.3. The summed E-state index contributed by atoms with van der Waals surface area (Å²) in [7, 11) is 3.58. The average Bonchev–Trinajstić information content (AvgIpc) is 3.34. The Bertz CT molecular complexity index is 1240. The van der Waals surface area contributed by atoms with Crippen LogP contribution in [0.2, 0.25) is 0 Å². The van der Waals surface area contributed by atoms with Crippen molar-refractivity contribution in [2.75, 3.05) is 26.8 Å². The van der Waals surface area contributed by atoms with Crippen LogP contribution in [0.15, 0.2) is 91.3 Å². The van der Waals surface area contributed by atoms with E-state index in [1.54, 1.807) is 25.3 Å². The highest BCUT2D eigenvalue weighted by molar-refractivity contribution is 5.93. The van der Waals surface area contributed by atoms with Gasteiger partial charge in [-0.3, -0.25) is 9.69 Å². The monoisotopic (exact) mass is 498 g/mol. The zero-order valence-corrected chi connectivity index (χ0v) is 21.4. The predicted molar refractivity (Wildman–Crippen MR) is 145 cm³/mol. The molecule has 192 valence electrons. The Morgan fingerprint density at radius 3 is 2.24 bits per heavy atom. The number of nitrogens with zero attached hydrogens (tertiary/aromatic N) is 3. The van der Waals surface area contributed by atoms with Crippen LogP contribution in [0.25, 0.3) is 0 Å². The maximum atomic E-state index is 11.5. The number of carbonyl (C=O) groups excluding carboxylic acids is 1. The molecular formula is C30H34N4O3. The molecule has 0 spiro atoms. The van der Waals surface area contributed by atoms with Crippen molar-refractivity contribution in [3.63, 3.8) is 0 Å². The maximum absolute atomic E-state index is 11.5. The van der Waals surface area contributed by atoms with Crippen molar-refractivity contribution in [1.29, 1.82) is 0 Å². The highest BCUT2D eigenvalue weighted by Gasteiger charge is 2.20. The van der Waals surface area contributed by atoms with E-state index in [1.807, 2.05) is 19.4 Å². The van der Waals surface area contributed by atoms with Crippen molar-refractivity contribution in [3.8, 4) is 11.5 Å². The zero-order valence-electron chi connectivity index (χ0n) is 21.4. The third kappa shape index (κ3) is 6.98. The van der Waals surface area contributed by atoms with Gasteiger partial charge in [-0.2, -0.15) is 0 Å². The molecule has 1 heterocycles. The standard InChI is InChI=1S/C30H34N4O3/c1-33-18-16-32-29(33)22-34(17-9-19-37-27-15-14-25(30(31)35)20-28(27)36-2)21-26(23-10-5-3-6-11-23)24-12-7-4-8-13-24/h3-8,10-16,18,20,26H,9,17,19,21-22H2,1-2H3,(H2,31,35). The van der Waals surface area contributed by atoms with Gasteiger partial charge in [0.05, 0.1) is 20.3 Å². The summed E-state index contributed by atoms with van der Waals surface area (Å²) >= 11 is 0. The molecule has 0 unspecified atom stereocenters. The largest absolute Gasteiger partial charge is 0.493 e. The van der Waals surface area contributed by atoms with E-state index in [2.05, 4.69) is 75.1 Å². The van der Waals surface area contributed by atoms with Crippen LogP contribution in [0, 0.1) is 0 Å². The molecule has 0 saturated carbocycles. The SMILES string of the molecule is COc1cc(C(N)=O)ccc1OCCCN(Cc1nccn1C)CC(c1ccccc1)c1ccccc1. The second kappa shape index (κ2) is 12.7. The number of ether oxygens (including phenoxy) is 2. The maximum Gasteiger partial charge on any atom is 0.248 e. The quantitative estimate of drug-likeness (QED) is 0.272. The summed E-state index contributed by atoms with van der Waals surface area (Å²) in [6.07, 6.45) is 4.62. The van der Waals surface area contributed by atoms with E-state index in [0.29, 0.717) is 23.7 Å². The molecule has 7 heteroatoms. The molecule has 4 aromatic rings. The minimum atomic E-state index is -0.499. The zero-order chi connectivity index (χ0) is 26.0. The number of primary amides is 1. The summed E-state index contributed by atoms with van der Waals surface area (Å²) in [4.78, 5) is 18.5. The van der Waals surface area contributed by atoms with Crippen molar-refractivity contribution >= 4 is 5.91 Å². The van der Waals surface area contributed by atoms with Gasteiger partial charge in [0.15, 0.2) is 11.5 Å². The van der Waals surface area contributed by atoms with Crippen LogP contribution in [-0.4, -0.2) is 47.2 Å². The molecular weight excluding hydrogens is 464 g/mol. The molecule has 0 atom stereocenters. The number of rotatable bonds is 13. The second-order valence-electron chi connectivity index (χ2n) is 9.00. The van der Waals surface area contributed by atoms with Crippen LogP contribution < -0.4 is 15.2 Å². The summed E-state index contributed by atoms with van der Waals surface area (Å²) in [5.41, 5.74) is 8.34. The molecule has 0 aliphatic rings. The number of carbonyl (C=O) groups is 1.